The highest BCUT2D eigenvalue weighted by Gasteiger charge is 2.27. The highest BCUT2D eigenvalue weighted by molar-refractivity contribution is 5.80. The molecule has 0 aliphatic carbocycles. The highest BCUT2D eigenvalue weighted by Crippen LogP contribution is 2.18. The summed E-state index contributed by atoms with van der Waals surface area (Å²) in [5, 5.41) is 17.3. The molecule has 7 heteroatoms. The van der Waals surface area contributed by atoms with Gasteiger partial charge in [-0.25, -0.2) is 0 Å². The lowest BCUT2D eigenvalue weighted by Gasteiger charge is -2.16. The first-order chi connectivity index (χ1) is 8.36. The predicted octanol–water partition coefficient (Wildman–Crippen LogP) is 1.58. The smallest absolute Gasteiger partial charge is 0.358 e. The van der Waals surface area contributed by atoms with Crippen LogP contribution in [-0.4, -0.2) is 26.7 Å². The number of amides is 1. The maximum Gasteiger partial charge on any atom is 0.390 e. The fourth-order valence-electron chi connectivity index (χ4n) is 1.73. The molecule has 0 spiro atoms. The number of aryl methyl sites for hydroxylation is 1. The number of hydrogen-bond donors (Lipinski definition) is 1. The third-order valence-electron chi connectivity index (χ3n) is 2.51. The Hall–Kier alpha value is -1.92. The van der Waals surface area contributed by atoms with Gasteiger partial charge < -0.3 is 15.4 Å². The molecule has 0 fully saturated rings. The third-order valence-corrected chi connectivity index (χ3v) is 2.51. The van der Waals surface area contributed by atoms with Gasteiger partial charge in [-0.05, 0) is 32.1 Å². The van der Waals surface area contributed by atoms with E-state index in [4.69, 9.17) is 0 Å². The van der Waals surface area contributed by atoms with Gasteiger partial charge in [-0.15, -0.1) is 0 Å². The predicted molar refractivity (Wildman–Crippen MR) is 66.2 cm³/mol. The second kappa shape index (κ2) is 5.61. The van der Waals surface area contributed by atoms with Gasteiger partial charge in [0.25, 0.3) is 0 Å². The monoisotopic (exact) mass is 254 g/mol. The Morgan fingerprint density at radius 2 is 2.22 bits per heavy atom. The summed E-state index contributed by atoms with van der Waals surface area (Å²) in [4.78, 5) is 22.1. The van der Waals surface area contributed by atoms with Crippen molar-refractivity contribution in [3.05, 3.63) is 21.9 Å². The van der Waals surface area contributed by atoms with E-state index in [0.717, 1.165) is 0 Å². The van der Waals surface area contributed by atoms with Gasteiger partial charge >= 0.3 is 5.82 Å². The molecular formula is C11H18N4O3. The zero-order chi connectivity index (χ0) is 13.9. The topological polar surface area (TPSA) is 90.1 Å². The van der Waals surface area contributed by atoms with Gasteiger partial charge in [0.2, 0.25) is 5.91 Å². The number of aromatic nitrogens is 2. The molecule has 1 atom stereocenters. The summed E-state index contributed by atoms with van der Waals surface area (Å²) in [5.41, 5.74) is 0.604. The number of nitrogens with zero attached hydrogens (tertiary/aromatic N) is 3. The molecule has 0 aromatic carbocycles. The Morgan fingerprint density at radius 1 is 1.61 bits per heavy atom. The summed E-state index contributed by atoms with van der Waals surface area (Å²) in [6.07, 6.45) is 0.526. The summed E-state index contributed by atoms with van der Waals surface area (Å²) in [6.45, 7) is 7.27. The van der Waals surface area contributed by atoms with Gasteiger partial charge in [0.15, 0.2) is 6.04 Å². The quantitative estimate of drug-likeness (QED) is 0.638. The Labute approximate surface area is 105 Å². The van der Waals surface area contributed by atoms with Crippen LogP contribution in [0.3, 0.4) is 0 Å². The lowest BCUT2D eigenvalue weighted by atomic mass is 10.2. The minimum atomic E-state index is -0.559. The standard InChI is InChI=1S/C11H18N4O3/c1-5-9(11(16)12-7(2)3)14-8(4)6-10(13-14)15(17)18/h6-7,9H,5H2,1-4H3,(H,12,16). The van der Waals surface area contributed by atoms with E-state index in [1.54, 1.807) is 6.92 Å². The van der Waals surface area contributed by atoms with Crippen molar-refractivity contribution in [1.82, 2.24) is 15.1 Å². The van der Waals surface area contributed by atoms with Gasteiger partial charge in [0.1, 0.15) is 0 Å². The minimum Gasteiger partial charge on any atom is -0.358 e. The van der Waals surface area contributed by atoms with Gasteiger partial charge in [-0.2, -0.15) is 4.68 Å². The Kier molecular flexibility index (Phi) is 4.41. The molecule has 0 saturated heterocycles. The van der Waals surface area contributed by atoms with Crippen LogP contribution < -0.4 is 5.32 Å². The summed E-state index contributed by atoms with van der Waals surface area (Å²) >= 11 is 0. The van der Waals surface area contributed by atoms with Crippen LogP contribution in [0.15, 0.2) is 6.07 Å². The van der Waals surface area contributed by atoms with E-state index < -0.39 is 11.0 Å². The molecule has 1 heterocycles. The van der Waals surface area contributed by atoms with Crippen molar-refractivity contribution in [2.75, 3.05) is 0 Å². The van der Waals surface area contributed by atoms with Crippen molar-refractivity contribution >= 4 is 11.7 Å². The maximum absolute atomic E-state index is 12.0. The van der Waals surface area contributed by atoms with Crippen molar-refractivity contribution in [1.29, 1.82) is 0 Å². The minimum absolute atomic E-state index is 0.0254. The molecule has 1 unspecified atom stereocenters. The van der Waals surface area contributed by atoms with Crippen molar-refractivity contribution in [3.63, 3.8) is 0 Å². The molecule has 1 aromatic rings. The average Bonchev–Trinajstić information content (AvgIpc) is 2.61. The SMILES string of the molecule is CCC(C(=O)NC(C)C)n1nc([N+](=O)[O-])cc1C. The van der Waals surface area contributed by atoms with Crippen LogP contribution in [0.2, 0.25) is 0 Å². The van der Waals surface area contributed by atoms with Crippen LogP contribution in [0.5, 0.6) is 0 Å². The summed E-state index contributed by atoms with van der Waals surface area (Å²) < 4.78 is 1.41. The van der Waals surface area contributed by atoms with Crippen molar-refractivity contribution < 1.29 is 9.72 Å². The van der Waals surface area contributed by atoms with E-state index in [1.165, 1.54) is 10.7 Å². The molecule has 100 valence electrons. The van der Waals surface area contributed by atoms with Crippen molar-refractivity contribution in [3.8, 4) is 0 Å². The molecule has 1 N–H and O–H groups in total. The molecule has 0 aliphatic heterocycles. The molecule has 0 saturated carbocycles. The Bertz CT molecular complexity index is 453. The van der Waals surface area contributed by atoms with E-state index in [2.05, 4.69) is 10.4 Å². The lowest BCUT2D eigenvalue weighted by molar-refractivity contribution is -0.389. The number of carbonyl (C=O) groups excluding carboxylic acids is 1. The van der Waals surface area contributed by atoms with E-state index in [1.807, 2.05) is 20.8 Å². The molecule has 7 nitrogen and oxygen atoms in total. The Morgan fingerprint density at radius 3 is 2.61 bits per heavy atom. The van der Waals surface area contributed by atoms with Gasteiger partial charge in [-0.1, -0.05) is 6.92 Å². The zero-order valence-corrected chi connectivity index (χ0v) is 11.0. The Balaban J connectivity index is 3.01. The number of carbonyl (C=O) groups is 1. The molecule has 1 rings (SSSR count). The maximum atomic E-state index is 12.0. The number of rotatable bonds is 5. The van der Waals surface area contributed by atoms with Crippen LogP contribution in [0.4, 0.5) is 5.82 Å². The number of hydrogen-bond acceptors (Lipinski definition) is 4. The third kappa shape index (κ3) is 3.06. The lowest BCUT2D eigenvalue weighted by Crippen LogP contribution is -2.37. The molecule has 18 heavy (non-hydrogen) atoms. The van der Waals surface area contributed by atoms with E-state index >= 15 is 0 Å². The van der Waals surface area contributed by atoms with Crippen LogP contribution in [-0.2, 0) is 4.79 Å². The average molecular weight is 254 g/mol. The van der Waals surface area contributed by atoms with Gasteiger partial charge in [0.05, 0.1) is 16.9 Å². The van der Waals surface area contributed by atoms with Crippen LogP contribution in [0, 0.1) is 17.0 Å². The molecule has 1 amide bonds. The van der Waals surface area contributed by atoms with Crippen molar-refractivity contribution in [2.45, 2.75) is 46.2 Å². The van der Waals surface area contributed by atoms with E-state index in [-0.39, 0.29) is 17.8 Å². The largest absolute Gasteiger partial charge is 0.390 e. The fraction of sp³-hybridized carbons (Fsp3) is 0.636. The van der Waals surface area contributed by atoms with Crippen LogP contribution in [0.1, 0.15) is 38.9 Å². The first kappa shape index (κ1) is 14.1. The molecule has 0 aliphatic rings. The summed E-state index contributed by atoms with van der Waals surface area (Å²) in [6, 6.07) is 0.879. The van der Waals surface area contributed by atoms with Crippen molar-refractivity contribution in [2.24, 2.45) is 0 Å². The highest BCUT2D eigenvalue weighted by atomic mass is 16.6. The summed E-state index contributed by atoms with van der Waals surface area (Å²) in [7, 11) is 0. The van der Waals surface area contributed by atoms with Gasteiger partial charge in [0, 0.05) is 6.04 Å². The van der Waals surface area contributed by atoms with E-state index in [9.17, 15) is 14.9 Å². The van der Waals surface area contributed by atoms with Crippen LogP contribution >= 0.6 is 0 Å². The number of nitrogens with one attached hydrogen (secondary N) is 1. The first-order valence-electron chi connectivity index (χ1n) is 5.87. The number of nitro groups is 1. The van der Waals surface area contributed by atoms with Gasteiger partial charge in [-0.3, -0.25) is 4.79 Å². The molecule has 0 radical (unpaired) electrons. The van der Waals surface area contributed by atoms with Crippen LogP contribution in [0.25, 0.3) is 0 Å². The normalized spacial score (nSPS) is 12.5. The van der Waals surface area contributed by atoms with E-state index in [0.29, 0.717) is 12.1 Å². The fourth-order valence-corrected chi connectivity index (χ4v) is 1.73. The second-order valence-electron chi connectivity index (χ2n) is 4.43. The second-order valence-corrected chi connectivity index (χ2v) is 4.43. The molecule has 0 bridgehead atoms. The summed E-state index contributed by atoms with van der Waals surface area (Å²) in [5.74, 6) is -0.406. The first-order valence-corrected chi connectivity index (χ1v) is 5.87. The zero-order valence-electron chi connectivity index (χ0n) is 11.0. The molecule has 1 aromatic heterocycles. The molecular weight excluding hydrogens is 236 g/mol.